The molecule has 2 aromatic heterocycles. The van der Waals surface area contributed by atoms with Gasteiger partial charge in [0, 0.05) is 25.5 Å². The fourth-order valence-electron chi connectivity index (χ4n) is 2.35. The number of hydrogen-bond donors (Lipinski definition) is 2. The van der Waals surface area contributed by atoms with Gasteiger partial charge < -0.3 is 19.8 Å². The van der Waals surface area contributed by atoms with Crippen LogP contribution in [0.5, 0.6) is 0 Å². The van der Waals surface area contributed by atoms with E-state index in [1.165, 1.54) is 0 Å². The smallest absolute Gasteiger partial charge is 0.315 e. The predicted octanol–water partition coefficient (Wildman–Crippen LogP) is 1.71. The molecule has 1 aliphatic rings. The summed E-state index contributed by atoms with van der Waals surface area (Å²) in [5.74, 6) is 0.629. The molecule has 0 saturated carbocycles. The Morgan fingerprint density at radius 2 is 2.23 bits per heavy atom. The molecule has 0 radical (unpaired) electrons. The molecule has 7 heteroatoms. The normalized spacial score (nSPS) is 17.4. The highest BCUT2D eigenvalue weighted by atomic mass is 16.5. The van der Waals surface area contributed by atoms with Gasteiger partial charge in [-0.3, -0.25) is 4.98 Å². The van der Waals surface area contributed by atoms with Crippen LogP contribution in [0.1, 0.15) is 18.5 Å². The Bertz CT molecular complexity index is 609. The van der Waals surface area contributed by atoms with E-state index in [0.717, 1.165) is 19.4 Å². The maximum atomic E-state index is 11.8. The number of rotatable bonds is 5. The number of hydrogen-bond acceptors (Lipinski definition) is 5. The summed E-state index contributed by atoms with van der Waals surface area (Å²) in [6, 6.07) is 3.35. The second-order valence-electron chi connectivity index (χ2n) is 5.03. The molecule has 2 N–H and O–H groups in total. The van der Waals surface area contributed by atoms with Crippen LogP contribution in [0.4, 0.5) is 4.79 Å². The number of ether oxygens (including phenoxy) is 1. The first-order chi connectivity index (χ1) is 10.8. The fraction of sp³-hybridized carbons (Fsp3) is 0.400. The van der Waals surface area contributed by atoms with Crippen LogP contribution in [0.25, 0.3) is 11.5 Å². The highest BCUT2D eigenvalue weighted by Crippen LogP contribution is 2.19. The number of nitrogens with zero attached hydrogens (tertiary/aromatic N) is 2. The first-order valence-electron chi connectivity index (χ1n) is 7.30. The minimum Gasteiger partial charge on any atom is -0.463 e. The molecule has 116 valence electrons. The van der Waals surface area contributed by atoms with Gasteiger partial charge in [-0.05, 0) is 25.0 Å². The Balaban J connectivity index is 1.54. The number of furan rings is 1. The molecular weight excluding hydrogens is 284 g/mol. The molecule has 2 aromatic rings. The lowest BCUT2D eigenvalue weighted by Gasteiger charge is -2.12. The highest BCUT2D eigenvalue weighted by molar-refractivity contribution is 5.74. The summed E-state index contributed by atoms with van der Waals surface area (Å²) in [4.78, 5) is 20.3. The zero-order valence-corrected chi connectivity index (χ0v) is 12.1. The van der Waals surface area contributed by atoms with E-state index in [-0.39, 0.29) is 18.7 Å². The van der Waals surface area contributed by atoms with E-state index in [1.54, 1.807) is 24.7 Å². The second kappa shape index (κ2) is 7.04. The van der Waals surface area contributed by atoms with E-state index in [0.29, 0.717) is 23.7 Å². The lowest BCUT2D eigenvalue weighted by Crippen LogP contribution is -2.39. The summed E-state index contributed by atoms with van der Waals surface area (Å²) in [6.45, 7) is 1.58. The van der Waals surface area contributed by atoms with E-state index < -0.39 is 0 Å². The largest absolute Gasteiger partial charge is 0.463 e. The topological polar surface area (TPSA) is 89.3 Å². The Morgan fingerprint density at radius 3 is 3.00 bits per heavy atom. The van der Waals surface area contributed by atoms with Crippen molar-refractivity contribution in [3.05, 3.63) is 36.5 Å². The van der Waals surface area contributed by atoms with Crippen molar-refractivity contribution in [3.63, 3.8) is 0 Å². The monoisotopic (exact) mass is 302 g/mol. The number of carbonyl (C=O) groups is 1. The van der Waals surface area contributed by atoms with Gasteiger partial charge in [-0.2, -0.15) is 0 Å². The summed E-state index contributed by atoms with van der Waals surface area (Å²) in [5.41, 5.74) is 1.29. The molecule has 1 atom stereocenters. The zero-order valence-electron chi connectivity index (χ0n) is 12.1. The molecule has 1 saturated heterocycles. The number of nitrogens with one attached hydrogen (secondary N) is 2. The lowest BCUT2D eigenvalue weighted by molar-refractivity contribution is 0.111. The van der Waals surface area contributed by atoms with E-state index in [2.05, 4.69) is 20.6 Å². The molecule has 1 fully saturated rings. The average molecular weight is 302 g/mol. The van der Waals surface area contributed by atoms with Crippen LogP contribution in [0.3, 0.4) is 0 Å². The van der Waals surface area contributed by atoms with Crippen LogP contribution in [0, 0.1) is 0 Å². The average Bonchev–Trinajstić information content (AvgIpc) is 3.24. The van der Waals surface area contributed by atoms with Crippen molar-refractivity contribution >= 4 is 6.03 Å². The molecule has 0 aliphatic carbocycles. The maximum absolute atomic E-state index is 11.8. The van der Waals surface area contributed by atoms with Gasteiger partial charge in [0.05, 0.1) is 24.6 Å². The van der Waals surface area contributed by atoms with Crippen molar-refractivity contribution < 1.29 is 13.9 Å². The third kappa shape index (κ3) is 3.62. The quantitative estimate of drug-likeness (QED) is 0.877. The standard InChI is InChI=1S/C15H18N4O3/c20-15(18-9-11-3-1-7-21-11)19-10-12-14(17-6-5-16-12)13-4-2-8-22-13/h2,4-6,8,11H,1,3,7,9-10H2,(H2,18,19,20). The van der Waals surface area contributed by atoms with Crippen LogP contribution in [0.2, 0.25) is 0 Å². The second-order valence-corrected chi connectivity index (χ2v) is 5.03. The Hall–Kier alpha value is -2.41. The Labute approximate surface area is 128 Å². The molecule has 1 unspecified atom stereocenters. The molecule has 0 bridgehead atoms. The van der Waals surface area contributed by atoms with Crippen LogP contribution < -0.4 is 10.6 Å². The van der Waals surface area contributed by atoms with Crippen LogP contribution >= 0.6 is 0 Å². The number of carbonyl (C=O) groups excluding carboxylic acids is 1. The van der Waals surface area contributed by atoms with Crippen molar-refractivity contribution in [2.75, 3.05) is 13.2 Å². The van der Waals surface area contributed by atoms with Crippen LogP contribution in [0.15, 0.2) is 35.2 Å². The van der Waals surface area contributed by atoms with Crippen molar-refractivity contribution in [3.8, 4) is 11.5 Å². The van der Waals surface area contributed by atoms with Gasteiger partial charge in [0.15, 0.2) is 5.76 Å². The maximum Gasteiger partial charge on any atom is 0.315 e. The summed E-state index contributed by atoms with van der Waals surface area (Å²) in [7, 11) is 0. The summed E-state index contributed by atoms with van der Waals surface area (Å²) in [5, 5.41) is 5.58. The molecule has 3 heterocycles. The highest BCUT2D eigenvalue weighted by Gasteiger charge is 2.16. The molecule has 0 spiro atoms. The minimum absolute atomic E-state index is 0.126. The SMILES string of the molecule is O=C(NCc1nccnc1-c1ccco1)NCC1CCCO1. The molecule has 22 heavy (non-hydrogen) atoms. The van der Waals surface area contributed by atoms with E-state index in [4.69, 9.17) is 9.15 Å². The van der Waals surface area contributed by atoms with Gasteiger partial charge in [0.1, 0.15) is 5.69 Å². The zero-order chi connectivity index (χ0) is 15.2. The minimum atomic E-state index is -0.244. The van der Waals surface area contributed by atoms with Gasteiger partial charge in [0.2, 0.25) is 0 Å². The number of aromatic nitrogens is 2. The van der Waals surface area contributed by atoms with Crippen molar-refractivity contribution in [1.82, 2.24) is 20.6 Å². The predicted molar refractivity (Wildman–Crippen MR) is 78.9 cm³/mol. The molecule has 3 rings (SSSR count). The van der Waals surface area contributed by atoms with Crippen LogP contribution in [-0.4, -0.2) is 35.3 Å². The van der Waals surface area contributed by atoms with Crippen molar-refractivity contribution in [1.29, 1.82) is 0 Å². The third-order valence-electron chi connectivity index (χ3n) is 3.46. The summed E-state index contributed by atoms with van der Waals surface area (Å²) in [6.07, 6.45) is 6.94. The van der Waals surface area contributed by atoms with E-state index in [1.807, 2.05) is 6.07 Å². The Kier molecular flexibility index (Phi) is 4.65. The fourth-order valence-corrected chi connectivity index (χ4v) is 2.35. The molecule has 0 aromatic carbocycles. The summed E-state index contributed by atoms with van der Waals surface area (Å²) < 4.78 is 10.8. The number of urea groups is 1. The molecule has 1 aliphatic heterocycles. The first kappa shape index (κ1) is 14.5. The third-order valence-corrected chi connectivity index (χ3v) is 3.46. The van der Waals surface area contributed by atoms with Gasteiger partial charge >= 0.3 is 6.03 Å². The molecule has 7 nitrogen and oxygen atoms in total. The van der Waals surface area contributed by atoms with Crippen LogP contribution in [-0.2, 0) is 11.3 Å². The van der Waals surface area contributed by atoms with Crippen molar-refractivity contribution in [2.45, 2.75) is 25.5 Å². The molecule has 2 amide bonds. The Morgan fingerprint density at radius 1 is 1.32 bits per heavy atom. The first-order valence-corrected chi connectivity index (χ1v) is 7.30. The molecular formula is C15H18N4O3. The van der Waals surface area contributed by atoms with Gasteiger partial charge in [-0.25, -0.2) is 9.78 Å². The van der Waals surface area contributed by atoms with Gasteiger partial charge in [0.25, 0.3) is 0 Å². The summed E-state index contributed by atoms with van der Waals surface area (Å²) >= 11 is 0. The van der Waals surface area contributed by atoms with Gasteiger partial charge in [-0.15, -0.1) is 0 Å². The lowest BCUT2D eigenvalue weighted by atomic mass is 10.2. The van der Waals surface area contributed by atoms with Crippen molar-refractivity contribution in [2.24, 2.45) is 0 Å². The van der Waals surface area contributed by atoms with Gasteiger partial charge in [-0.1, -0.05) is 0 Å². The number of amides is 2. The van der Waals surface area contributed by atoms with E-state index >= 15 is 0 Å². The van der Waals surface area contributed by atoms with E-state index in [9.17, 15) is 4.79 Å².